The summed E-state index contributed by atoms with van der Waals surface area (Å²) in [4.78, 5) is 19.8. The monoisotopic (exact) mass is 288 g/mol. The number of ether oxygens (including phenoxy) is 1. The molecule has 1 N–H and O–H groups in total. The summed E-state index contributed by atoms with van der Waals surface area (Å²) in [5.74, 6) is -0.109. The summed E-state index contributed by atoms with van der Waals surface area (Å²) < 4.78 is 4.93. The summed E-state index contributed by atoms with van der Waals surface area (Å²) in [6.45, 7) is 0. The number of nitrogens with zero attached hydrogens (tertiary/aromatic N) is 3. The average Bonchev–Trinajstić information content (AvgIpc) is 2.46. The number of hydrogen-bond donors (Lipinski definition) is 1. The highest BCUT2D eigenvalue weighted by atomic mass is 35.5. The molecule has 100 valence electrons. The number of carbonyl (C=O) groups excluding carboxylic acids is 1. The molecule has 0 saturated carbocycles. The highest BCUT2D eigenvalue weighted by Gasteiger charge is 2.10. The number of aromatic nitrogens is 2. The van der Waals surface area contributed by atoms with Crippen molar-refractivity contribution in [2.45, 2.75) is 0 Å². The largest absolute Gasteiger partial charge is 0.481 e. The summed E-state index contributed by atoms with van der Waals surface area (Å²) in [7, 11) is 1.44. The third-order valence-electron chi connectivity index (χ3n) is 2.38. The number of hydrogen-bond acceptors (Lipinski definition) is 5. The molecule has 1 heterocycles. The van der Waals surface area contributed by atoms with Crippen LogP contribution in [0.1, 0.15) is 15.9 Å². The van der Waals surface area contributed by atoms with E-state index in [1.807, 2.05) is 6.07 Å². The molecule has 1 aromatic carbocycles. The molecule has 7 heteroatoms. The number of nitrogens with one attached hydrogen (secondary N) is 1. The van der Waals surface area contributed by atoms with E-state index >= 15 is 0 Å². The van der Waals surface area contributed by atoms with Gasteiger partial charge in [-0.1, -0.05) is 11.6 Å². The summed E-state index contributed by atoms with van der Waals surface area (Å²) in [6.07, 6.45) is 0. The average molecular weight is 289 g/mol. The van der Waals surface area contributed by atoms with E-state index in [2.05, 4.69) is 15.3 Å². The summed E-state index contributed by atoms with van der Waals surface area (Å²) in [6, 6.07) is 9.58. The Morgan fingerprint density at radius 3 is 2.65 bits per heavy atom. The summed E-state index contributed by atoms with van der Waals surface area (Å²) >= 11 is 5.78. The fourth-order valence-corrected chi connectivity index (χ4v) is 1.60. The van der Waals surface area contributed by atoms with Gasteiger partial charge in [0.2, 0.25) is 11.8 Å². The Morgan fingerprint density at radius 1 is 1.35 bits per heavy atom. The lowest BCUT2D eigenvalue weighted by Gasteiger charge is -2.06. The number of rotatable bonds is 3. The van der Waals surface area contributed by atoms with Crippen molar-refractivity contribution < 1.29 is 9.53 Å². The molecule has 2 aromatic rings. The molecule has 0 aliphatic rings. The number of nitriles is 1. The first kappa shape index (κ1) is 13.8. The van der Waals surface area contributed by atoms with E-state index in [1.165, 1.54) is 25.3 Å². The fourth-order valence-electron chi connectivity index (χ4n) is 1.43. The van der Waals surface area contributed by atoms with E-state index in [-0.39, 0.29) is 17.0 Å². The van der Waals surface area contributed by atoms with Crippen molar-refractivity contribution in [2.75, 3.05) is 12.4 Å². The zero-order chi connectivity index (χ0) is 14.5. The minimum atomic E-state index is -0.404. The van der Waals surface area contributed by atoms with Gasteiger partial charge in [-0.15, -0.1) is 0 Å². The van der Waals surface area contributed by atoms with Gasteiger partial charge in [-0.05, 0) is 24.3 Å². The maximum absolute atomic E-state index is 12.0. The van der Waals surface area contributed by atoms with E-state index in [0.29, 0.717) is 11.1 Å². The Kier molecular flexibility index (Phi) is 4.13. The molecule has 20 heavy (non-hydrogen) atoms. The number of halogens is 1. The number of methoxy groups -OCH3 is 1. The first-order chi connectivity index (χ1) is 9.62. The van der Waals surface area contributed by atoms with Crippen molar-refractivity contribution >= 4 is 23.5 Å². The molecule has 0 unspecified atom stereocenters. The molecule has 0 bridgehead atoms. The van der Waals surface area contributed by atoms with E-state index in [4.69, 9.17) is 21.6 Å². The molecule has 0 spiro atoms. The lowest BCUT2D eigenvalue weighted by molar-refractivity contribution is 0.102. The lowest BCUT2D eigenvalue weighted by Crippen LogP contribution is -2.14. The first-order valence-electron chi connectivity index (χ1n) is 5.52. The van der Waals surface area contributed by atoms with Gasteiger partial charge < -0.3 is 4.74 Å². The van der Waals surface area contributed by atoms with Crippen LogP contribution in [-0.4, -0.2) is 23.0 Å². The van der Waals surface area contributed by atoms with Gasteiger partial charge in [0.05, 0.1) is 18.7 Å². The van der Waals surface area contributed by atoms with Crippen molar-refractivity contribution in [1.29, 1.82) is 5.26 Å². The van der Waals surface area contributed by atoms with Crippen LogP contribution in [0.4, 0.5) is 5.95 Å². The Hall–Kier alpha value is -2.65. The Bertz CT molecular complexity index is 680. The highest BCUT2D eigenvalue weighted by molar-refractivity contribution is 6.29. The maximum atomic E-state index is 12.0. The van der Waals surface area contributed by atoms with Crippen LogP contribution >= 0.6 is 11.6 Å². The molecule has 0 radical (unpaired) electrons. The van der Waals surface area contributed by atoms with Gasteiger partial charge in [-0.3, -0.25) is 10.1 Å². The smallest absolute Gasteiger partial charge is 0.258 e. The minimum Gasteiger partial charge on any atom is -0.481 e. The van der Waals surface area contributed by atoms with Gasteiger partial charge in [0, 0.05) is 11.6 Å². The quantitative estimate of drug-likeness (QED) is 0.875. The van der Waals surface area contributed by atoms with Crippen LogP contribution in [0, 0.1) is 11.3 Å². The second kappa shape index (κ2) is 5.99. The van der Waals surface area contributed by atoms with Gasteiger partial charge in [-0.2, -0.15) is 10.2 Å². The van der Waals surface area contributed by atoms with Crippen LogP contribution in [0.15, 0.2) is 30.3 Å². The topological polar surface area (TPSA) is 87.9 Å². The number of amides is 1. The van der Waals surface area contributed by atoms with Crippen molar-refractivity contribution in [3.8, 4) is 11.9 Å². The van der Waals surface area contributed by atoms with Crippen LogP contribution in [0.3, 0.4) is 0 Å². The minimum absolute atomic E-state index is 0.0451. The van der Waals surface area contributed by atoms with Crippen molar-refractivity contribution in [3.05, 3.63) is 46.6 Å². The van der Waals surface area contributed by atoms with Crippen LogP contribution in [0.2, 0.25) is 5.15 Å². The third kappa shape index (κ3) is 3.22. The van der Waals surface area contributed by atoms with Crippen LogP contribution < -0.4 is 10.1 Å². The molecule has 0 fully saturated rings. The standard InChI is InChI=1S/C13H9ClN4O2/c1-20-11-6-10(14)16-13(17-11)18-12(19)9-4-2-8(7-15)3-5-9/h2-6H,1H3,(H,16,17,18,19). The van der Waals surface area contributed by atoms with Crippen molar-refractivity contribution in [2.24, 2.45) is 0 Å². The van der Waals surface area contributed by atoms with Gasteiger partial charge in [0.25, 0.3) is 5.91 Å². The van der Waals surface area contributed by atoms with E-state index < -0.39 is 5.91 Å². The predicted molar refractivity (Wildman–Crippen MR) is 72.7 cm³/mol. The first-order valence-corrected chi connectivity index (χ1v) is 5.90. The van der Waals surface area contributed by atoms with Crippen LogP contribution in [-0.2, 0) is 0 Å². The molecule has 0 saturated heterocycles. The maximum Gasteiger partial charge on any atom is 0.258 e. The van der Waals surface area contributed by atoms with Crippen molar-refractivity contribution in [1.82, 2.24) is 9.97 Å². The molecule has 2 rings (SSSR count). The fraction of sp³-hybridized carbons (Fsp3) is 0.0769. The molecule has 1 amide bonds. The van der Waals surface area contributed by atoms with Crippen LogP contribution in [0.5, 0.6) is 5.88 Å². The molecule has 1 aromatic heterocycles. The van der Waals surface area contributed by atoms with Crippen molar-refractivity contribution in [3.63, 3.8) is 0 Å². The number of anilines is 1. The Balaban J connectivity index is 2.18. The number of carbonyl (C=O) groups is 1. The van der Waals surface area contributed by atoms with Gasteiger partial charge in [0.1, 0.15) is 5.15 Å². The molecule has 0 aliphatic carbocycles. The summed E-state index contributed by atoms with van der Waals surface area (Å²) in [5, 5.41) is 11.4. The van der Waals surface area contributed by atoms with Gasteiger partial charge in [0.15, 0.2) is 0 Å². The van der Waals surface area contributed by atoms with Gasteiger partial charge >= 0.3 is 0 Å². The Morgan fingerprint density at radius 2 is 2.05 bits per heavy atom. The SMILES string of the molecule is COc1cc(Cl)nc(NC(=O)c2ccc(C#N)cc2)n1. The third-order valence-corrected chi connectivity index (χ3v) is 2.58. The Labute approximate surface area is 120 Å². The highest BCUT2D eigenvalue weighted by Crippen LogP contribution is 2.16. The number of benzene rings is 1. The summed E-state index contributed by atoms with van der Waals surface area (Å²) in [5.41, 5.74) is 0.855. The molecule has 6 nitrogen and oxygen atoms in total. The second-order valence-corrected chi connectivity index (χ2v) is 4.09. The predicted octanol–water partition coefficient (Wildman–Crippen LogP) is 2.26. The zero-order valence-corrected chi connectivity index (χ0v) is 11.2. The molecular weight excluding hydrogens is 280 g/mol. The lowest BCUT2D eigenvalue weighted by atomic mass is 10.1. The van der Waals surface area contributed by atoms with Crippen LogP contribution in [0.25, 0.3) is 0 Å². The molecule has 0 aliphatic heterocycles. The zero-order valence-electron chi connectivity index (χ0n) is 10.4. The van der Waals surface area contributed by atoms with E-state index in [9.17, 15) is 4.79 Å². The van der Waals surface area contributed by atoms with E-state index in [0.717, 1.165) is 0 Å². The van der Waals surface area contributed by atoms with E-state index in [1.54, 1.807) is 12.1 Å². The molecular formula is C13H9ClN4O2. The van der Waals surface area contributed by atoms with Gasteiger partial charge in [-0.25, -0.2) is 4.98 Å². The normalized spacial score (nSPS) is 9.65. The second-order valence-electron chi connectivity index (χ2n) is 3.70. The molecule has 0 atom stereocenters.